The fourth-order valence-corrected chi connectivity index (χ4v) is 5.41. The Morgan fingerprint density at radius 3 is 2.18 bits per heavy atom. The van der Waals surface area contributed by atoms with Gasteiger partial charge in [-0.25, -0.2) is 9.80 Å². The highest BCUT2D eigenvalue weighted by Gasteiger charge is 2.63. The van der Waals surface area contributed by atoms with Crippen LogP contribution in [-0.2, 0) is 40.6 Å². The van der Waals surface area contributed by atoms with Crippen molar-refractivity contribution < 1.29 is 73.2 Å². The van der Waals surface area contributed by atoms with Crippen LogP contribution >= 0.6 is 11.6 Å². The number of rotatable bonds is 13. The lowest BCUT2D eigenvalue weighted by atomic mass is 10.0. The Kier molecular flexibility index (Phi) is 12.5. The molecule has 23 heteroatoms. The number of aromatic amines is 1. The lowest BCUT2D eigenvalue weighted by molar-refractivity contribution is -0.292. The van der Waals surface area contributed by atoms with Gasteiger partial charge in [-0.05, 0) is 56.9 Å². The van der Waals surface area contributed by atoms with Gasteiger partial charge in [-0.2, -0.15) is 45.5 Å². The Balaban J connectivity index is 1.46. The van der Waals surface area contributed by atoms with E-state index in [-0.39, 0.29) is 54.0 Å². The number of ether oxygens (including phenoxy) is 4. The smallest absolute Gasteiger partial charge is 0.462 e. The summed E-state index contributed by atoms with van der Waals surface area (Å²) in [6, 6.07) is 5.75. The summed E-state index contributed by atoms with van der Waals surface area (Å²) < 4.78 is 129. The first kappa shape index (κ1) is 43.6. The van der Waals surface area contributed by atoms with Crippen LogP contribution in [0.4, 0.5) is 45.7 Å². The molecule has 1 N–H and O–H groups in total. The first-order valence-electron chi connectivity index (χ1n) is 16.3. The lowest BCUT2D eigenvalue weighted by Crippen LogP contribution is -2.43. The van der Waals surface area contributed by atoms with Gasteiger partial charge in [0.15, 0.2) is 12.5 Å². The number of nitrogens with one attached hydrogen (secondary N) is 1. The summed E-state index contributed by atoms with van der Waals surface area (Å²) in [4.78, 5) is 50.7. The molecule has 0 spiro atoms. The standard InChI is InChI=1S/C33H33ClF8N6O8/c1-29(2,3)56-23(50)8-7-22(49)53-11-12-54-28(52)55-17-47(30(16-43)9-10-30)27(51)20-13-18(5-6-21(20)34)19-14-46(4)48(15-19)26-24(32(37,38)39)25(44-45-26)31(35,36)33(40,41)42/h5-6,13,15H,7-12,14,17H2,1-4H3,(H,44,45). The van der Waals surface area contributed by atoms with Gasteiger partial charge in [-0.15, -0.1) is 0 Å². The molecule has 1 saturated carbocycles. The maximum Gasteiger partial charge on any atom is 0.510 e. The van der Waals surface area contributed by atoms with Crippen molar-refractivity contribution in [3.8, 4) is 6.07 Å². The van der Waals surface area contributed by atoms with E-state index in [1.165, 1.54) is 30.3 Å². The number of likely N-dealkylation sites (N-methyl/N-ethyl adjacent to an activating group) is 1. The monoisotopic (exact) mass is 828 g/mol. The first-order chi connectivity index (χ1) is 25.8. The molecular formula is C33H33ClF8N6O8. The molecule has 1 fully saturated rings. The van der Waals surface area contributed by atoms with Crippen LogP contribution in [0.3, 0.4) is 0 Å². The van der Waals surface area contributed by atoms with Crippen molar-refractivity contribution >= 4 is 47.0 Å². The van der Waals surface area contributed by atoms with Gasteiger partial charge in [-0.3, -0.25) is 29.4 Å². The minimum Gasteiger partial charge on any atom is -0.462 e. The van der Waals surface area contributed by atoms with E-state index in [2.05, 4.69) is 5.10 Å². The van der Waals surface area contributed by atoms with Gasteiger partial charge in [-0.1, -0.05) is 17.7 Å². The number of H-pyrrole nitrogens is 1. The number of nitriles is 1. The predicted octanol–water partition coefficient (Wildman–Crippen LogP) is 6.72. The fraction of sp³-hybridized carbons (Fsp3) is 0.515. The number of benzene rings is 1. The van der Waals surface area contributed by atoms with E-state index in [0.717, 1.165) is 16.1 Å². The van der Waals surface area contributed by atoms with Gasteiger partial charge in [0, 0.05) is 19.8 Å². The average Bonchev–Trinajstić information content (AvgIpc) is 3.55. The largest absolute Gasteiger partial charge is 0.510 e. The number of hydrogen-bond donors (Lipinski definition) is 1. The number of carbonyl (C=O) groups excluding carboxylic acids is 4. The Labute approximate surface area is 317 Å². The van der Waals surface area contributed by atoms with Crippen LogP contribution in [-0.4, -0.2) is 95.0 Å². The minimum absolute atomic E-state index is 0.136. The van der Waals surface area contributed by atoms with Crippen LogP contribution in [0.2, 0.25) is 5.02 Å². The van der Waals surface area contributed by atoms with E-state index in [4.69, 9.17) is 30.5 Å². The molecule has 1 amide bonds. The summed E-state index contributed by atoms with van der Waals surface area (Å²) in [6.45, 7) is 3.02. The van der Waals surface area contributed by atoms with E-state index < -0.39 is 90.4 Å². The highest BCUT2D eigenvalue weighted by atomic mass is 35.5. The van der Waals surface area contributed by atoms with E-state index >= 15 is 0 Å². The molecule has 0 bridgehead atoms. The summed E-state index contributed by atoms with van der Waals surface area (Å²) in [5, 5.41) is 15.6. The van der Waals surface area contributed by atoms with Crippen LogP contribution in [0.15, 0.2) is 24.4 Å². The molecule has 1 aromatic carbocycles. The van der Waals surface area contributed by atoms with Crippen LogP contribution in [0.1, 0.15) is 73.6 Å². The number of amides is 1. The van der Waals surface area contributed by atoms with Crippen LogP contribution in [0.25, 0.3) is 5.57 Å². The second-order valence-electron chi connectivity index (χ2n) is 13.4. The second kappa shape index (κ2) is 16.1. The Morgan fingerprint density at radius 1 is 0.982 bits per heavy atom. The van der Waals surface area contributed by atoms with Gasteiger partial charge >= 0.3 is 36.4 Å². The number of alkyl halides is 8. The van der Waals surface area contributed by atoms with Crippen LogP contribution in [0, 0.1) is 11.3 Å². The third-order valence-electron chi connectivity index (χ3n) is 8.05. The third kappa shape index (κ3) is 9.97. The van der Waals surface area contributed by atoms with Crippen LogP contribution in [0.5, 0.6) is 0 Å². The molecule has 0 unspecified atom stereocenters. The maximum absolute atomic E-state index is 14.1. The zero-order chi connectivity index (χ0) is 42.0. The van der Waals surface area contributed by atoms with E-state index in [0.29, 0.717) is 5.01 Å². The molecular weight excluding hydrogens is 796 g/mol. The molecule has 2 heterocycles. The van der Waals surface area contributed by atoms with Gasteiger partial charge in [0.2, 0.25) is 0 Å². The number of carbonyl (C=O) groups is 4. The van der Waals surface area contributed by atoms with Crippen molar-refractivity contribution in [2.45, 2.75) is 75.9 Å². The number of halogens is 9. The molecule has 1 aliphatic heterocycles. The normalized spacial score (nSPS) is 15.8. The number of aromatic nitrogens is 2. The van der Waals surface area contributed by atoms with E-state index in [1.807, 2.05) is 6.07 Å². The van der Waals surface area contributed by atoms with E-state index in [9.17, 15) is 59.6 Å². The third-order valence-corrected chi connectivity index (χ3v) is 8.38. The van der Waals surface area contributed by atoms with Crippen molar-refractivity contribution in [3.63, 3.8) is 0 Å². The second-order valence-corrected chi connectivity index (χ2v) is 13.8. The van der Waals surface area contributed by atoms with E-state index in [1.54, 1.807) is 20.8 Å². The van der Waals surface area contributed by atoms with Crippen LogP contribution < -0.4 is 5.01 Å². The molecule has 56 heavy (non-hydrogen) atoms. The Bertz CT molecular complexity index is 1920. The Hall–Kier alpha value is -5.17. The quantitative estimate of drug-likeness (QED) is 0.0746. The average molecular weight is 829 g/mol. The van der Waals surface area contributed by atoms with Crippen molar-refractivity contribution in [1.82, 2.24) is 20.1 Å². The molecule has 2 aliphatic rings. The molecule has 2 aromatic rings. The highest BCUT2D eigenvalue weighted by Crippen LogP contribution is 2.50. The topological polar surface area (TPSA) is 167 Å². The van der Waals surface area contributed by atoms with Crippen molar-refractivity contribution in [2.75, 3.05) is 38.5 Å². The van der Waals surface area contributed by atoms with Gasteiger partial charge in [0.25, 0.3) is 5.91 Å². The number of anilines is 1. The molecule has 0 saturated heterocycles. The summed E-state index contributed by atoms with van der Waals surface area (Å²) in [7, 11) is 1.19. The molecule has 0 atom stereocenters. The molecule has 306 valence electrons. The fourth-order valence-electron chi connectivity index (χ4n) is 5.21. The van der Waals surface area contributed by atoms with Gasteiger partial charge < -0.3 is 18.9 Å². The maximum atomic E-state index is 14.1. The number of esters is 2. The summed E-state index contributed by atoms with van der Waals surface area (Å²) in [6.07, 6.45) is -12.6. The Morgan fingerprint density at radius 2 is 1.61 bits per heavy atom. The highest BCUT2D eigenvalue weighted by molar-refractivity contribution is 6.34. The molecule has 14 nitrogen and oxygen atoms in total. The number of hydrazine groups is 1. The molecule has 1 aromatic heterocycles. The lowest BCUT2D eigenvalue weighted by Gasteiger charge is -2.27. The van der Waals surface area contributed by atoms with Crippen molar-refractivity contribution in [2.24, 2.45) is 0 Å². The molecule has 4 rings (SSSR count). The predicted molar refractivity (Wildman–Crippen MR) is 175 cm³/mol. The SMILES string of the molecule is CN1CC(c2ccc(Cl)c(C(=O)N(COC(=O)OCCOC(=O)CCC(=O)OC(C)(C)C)C3(C#N)CC3)c2)=CN1c1n[nH]c(C(F)(F)C(F)(F)F)c1C(F)(F)F. The molecule has 1 aliphatic carbocycles. The summed E-state index contributed by atoms with van der Waals surface area (Å²) in [5.74, 6) is -9.55. The molecule has 0 radical (unpaired) electrons. The minimum atomic E-state index is -6.38. The zero-order valence-corrected chi connectivity index (χ0v) is 30.6. The number of hydrogen-bond acceptors (Lipinski definition) is 12. The number of nitrogens with zero attached hydrogens (tertiary/aromatic N) is 5. The van der Waals surface area contributed by atoms with Gasteiger partial charge in [0.1, 0.15) is 35.6 Å². The van der Waals surface area contributed by atoms with Gasteiger partial charge in [0.05, 0.1) is 29.5 Å². The summed E-state index contributed by atoms with van der Waals surface area (Å²) >= 11 is 6.33. The first-order valence-corrected chi connectivity index (χ1v) is 16.7. The summed E-state index contributed by atoms with van der Waals surface area (Å²) in [5.41, 5.74) is -7.00. The van der Waals surface area contributed by atoms with Crippen molar-refractivity contribution in [1.29, 1.82) is 5.26 Å². The zero-order valence-electron chi connectivity index (χ0n) is 29.9. The van der Waals surface area contributed by atoms with Crippen molar-refractivity contribution in [3.05, 3.63) is 51.8 Å².